The monoisotopic (exact) mass is 267 g/mol. The van der Waals surface area contributed by atoms with E-state index in [0.717, 1.165) is 6.04 Å². The smallest absolute Gasteiger partial charge is 0.0120 e. The van der Waals surface area contributed by atoms with Crippen molar-refractivity contribution in [3.8, 4) is 0 Å². The average Bonchev–Trinajstić information content (AvgIpc) is 2.45. The van der Waals surface area contributed by atoms with Crippen molar-refractivity contribution >= 4 is 0 Å². The quantitative estimate of drug-likeness (QED) is 0.750. The molecule has 2 rings (SSSR count). The van der Waals surface area contributed by atoms with Gasteiger partial charge in [0.05, 0.1) is 0 Å². The third-order valence-electron chi connectivity index (χ3n) is 4.85. The van der Waals surface area contributed by atoms with E-state index in [1.54, 1.807) is 0 Å². The van der Waals surface area contributed by atoms with Gasteiger partial charge in [-0.25, -0.2) is 0 Å². The van der Waals surface area contributed by atoms with Gasteiger partial charge in [0.2, 0.25) is 0 Å². The van der Waals surface area contributed by atoms with Gasteiger partial charge in [0.1, 0.15) is 0 Å². The second-order valence-electron chi connectivity index (χ2n) is 6.64. The minimum Gasteiger partial charge on any atom is -0.328 e. The molecule has 2 fully saturated rings. The SMILES string of the molecule is CC(N)CCCCN1CCC(N2CCCCC2)CC1. The van der Waals surface area contributed by atoms with E-state index in [4.69, 9.17) is 5.73 Å². The summed E-state index contributed by atoms with van der Waals surface area (Å²) < 4.78 is 0. The van der Waals surface area contributed by atoms with E-state index in [0.29, 0.717) is 6.04 Å². The summed E-state index contributed by atoms with van der Waals surface area (Å²) in [5, 5.41) is 0. The molecule has 3 heteroatoms. The lowest BCUT2D eigenvalue weighted by atomic mass is 9.99. The number of piperidine rings is 2. The van der Waals surface area contributed by atoms with E-state index >= 15 is 0 Å². The van der Waals surface area contributed by atoms with Crippen molar-refractivity contribution in [3.63, 3.8) is 0 Å². The number of nitrogens with zero attached hydrogens (tertiary/aromatic N) is 2. The minimum absolute atomic E-state index is 0.379. The second-order valence-corrected chi connectivity index (χ2v) is 6.64. The molecule has 0 aliphatic carbocycles. The number of unbranched alkanes of at least 4 members (excludes halogenated alkanes) is 1. The summed E-state index contributed by atoms with van der Waals surface area (Å²) in [6, 6.07) is 1.27. The van der Waals surface area contributed by atoms with Crippen molar-refractivity contribution in [2.24, 2.45) is 5.73 Å². The molecule has 2 saturated heterocycles. The van der Waals surface area contributed by atoms with Crippen LogP contribution in [-0.4, -0.2) is 54.6 Å². The third kappa shape index (κ3) is 5.41. The Labute approximate surface area is 119 Å². The summed E-state index contributed by atoms with van der Waals surface area (Å²) in [5.41, 5.74) is 5.79. The maximum absolute atomic E-state index is 5.79. The molecule has 0 aromatic heterocycles. The molecule has 0 radical (unpaired) electrons. The van der Waals surface area contributed by atoms with Crippen LogP contribution in [0.5, 0.6) is 0 Å². The standard InChI is InChI=1S/C16H33N3/c1-15(17)7-3-6-10-18-13-8-16(9-14-18)19-11-4-2-5-12-19/h15-16H,2-14,17H2,1H3. The molecule has 1 unspecified atom stereocenters. The van der Waals surface area contributed by atoms with E-state index in [1.807, 2.05) is 0 Å². The van der Waals surface area contributed by atoms with Gasteiger partial charge in [-0.2, -0.15) is 0 Å². The molecular formula is C16H33N3. The Bertz CT molecular complexity index is 228. The normalized spacial score (nSPS) is 25.6. The topological polar surface area (TPSA) is 32.5 Å². The van der Waals surface area contributed by atoms with Crippen molar-refractivity contribution in [3.05, 3.63) is 0 Å². The van der Waals surface area contributed by atoms with Crippen molar-refractivity contribution in [2.75, 3.05) is 32.7 Å². The Morgan fingerprint density at radius 3 is 2.32 bits per heavy atom. The van der Waals surface area contributed by atoms with Crippen LogP contribution in [0, 0.1) is 0 Å². The van der Waals surface area contributed by atoms with E-state index in [2.05, 4.69) is 16.7 Å². The highest BCUT2D eigenvalue weighted by atomic mass is 15.2. The van der Waals surface area contributed by atoms with Gasteiger partial charge in [-0.3, -0.25) is 0 Å². The molecule has 0 bridgehead atoms. The molecule has 3 nitrogen and oxygen atoms in total. The van der Waals surface area contributed by atoms with Crippen molar-refractivity contribution in [1.82, 2.24) is 9.80 Å². The molecule has 112 valence electrons. The van der Waals surface area contributed by atoms with Crippen LogP contribution in [0.15, 0.2) is 0 Å². The molecule has 0 saturated carbocycles. The van der Waals surface area contributed by atoms with Gasteiger partial charge in [-0.05, 0) is 78.2 Å². The van der Waals surface area contributed by atoms with Crippen LogP contribution in [0.25, 0.3) is 0 Å². The molecule has 2 N–H and O–H groups in total. The van der Waals surface area contributed by atoms with Gasteiger partial charge in [0.15, 0.2) is 0 Å². The van der Waals surface area contributed by atoms with Crippen LogP contribution >= 0.6 is 0 Å². The molecule has 2 aliphatic heterocycles. The first-order chi connectivity index (χ1) is 9.25. The number of hydrogen-bond acceptors (Lipinski definition) is 3. The second kappa shape index (κ2) is 8.23. The van der Waals surface area contributed by atoms with Gasteiger partial charge < -0.3 is 15.5 Å². The molecule has 2 heterocycles. The summed E-state index contributed by atoms with van der Waals surface area (Å²) in [6.07, 6.45) is 10.9. The van der Waals surface area contributed by atoms with Gasteiger partial charge in [0.25, 0.3) is 0 Å². The molecule has 19 heavy (non-hydrogen) atoms. The zero-order chi connectivity index (χ0) is 13.5. The summed E-state index contributed by atoms with van der Waals surface area (Å²) in [5.74, 6) is 0. The number of likely N-dealkylation sites (tertiary alicyclic amines) is 2. The predicted octanol–water partition coefficient (Wildman–Crippen LogP) is 2.45. The maximum atomic E-state index is 5.79. The molecule has 1 atom stereocenters. The third-order valence-corrected chi connectivity index (χ3v) is 4.85. The van der Waals surface area contributed by atoms with Crippen LogP contribution in [0.1, 0.15) is 58.3 Å². The van der Waals surface area contributed by atoms with Crippen LogP contribution in [-0.2, 0) is 0 Å². The van der Waals surface area contributed by atoms with Crippen molar-refractivity contribution in [1.29, 1.82) is 0 Å². The zero-order valence-corrected chi connectivity index (χ0v) is 12.8. The lowest BCUT2D eigenvalue weighted by Crippen LogP contribution is -2.46. The van der Waals surface area contributed by atoms with Gasteiger partial charge >= 0.3 is 0 Å². The summed E-state index contributed by atoms with van der Waals surface area (Å²) in [6.45, 7) is 8.76. The van der Waals surface area contributed by atoms with E-state index < -0.39 is 0 Å². The van der Waals surface area contributed by atoms with Crippen LogP contribution in [0.2, 0.25) is 0 Å². The number of hydrogen-bond donors (Lipinski definition) is 1. The molecular weight excluding hydrogens is 234 g/mol. The first kappa shape index (κ1) is 15.3. The Morgan fingerprint density at radius 2 is 1.68 bits per heavy atom. The fraction of sp³-hybridized carbons (Fsp3) is 1.00. The molecule has 0 aromatic carbocycles. The first-order valence-electron chi connectivity index (χ1n) is 8.47. The fourth-order valence-electron chi connectivity index (χ4n) is 3.59. The maximum Gasteiger partial charge on any atom is 0.0120 e. The Balaban J connectivity index is 1.57. The molecule has 0 aromatic rings. The lowest BCUT2D eigenvalue weighted by molar-refractivity contribution is 0.0918. The van der Waals surface area contributed by atoms with Gasteiger partial charge in [-0.15, -0.1) is 0 Å². The first-order valence-corrected chi connectivity index (χ1v) is 8.47. The number of rotatable bonds is 6. The summed E-state index contributed by atoms with van der Waals surface area (Å²) >= 11 is 0. The zero-order valence-electron chi connectivity index (χ0n) is 12.8. The van der Waals surface area contributed by atoms with Crippen LogP contribution in [0.4, 0.5) is 0 Å². The van der Waals surface area contributed by atoms with Crippen LogP contribution < -0.4 is 5.73 Å². The Hall–Kier alpha value is -0.120. The summed E-state index contributed by atoms with van der Waals surface area (Å²) in [4.78, 5) is 5.43. The van der Waals surface area contributed by atoms with Crippen molar-refractivity contribution < 1.29 is 0 Å². The average molecular weight is 267 g/mol. The van der Waals surface area contributed by atoms with E-state index in [1.165, 1.54) is 84.1 Å². The largest absolute Gasteiger partial charge is 0.328 e. The molecule has 0 spiro atoms. The van der Waals surface area contributed by atoms with Gasteiger partial charge in [-0.1, -0.05) is 12.8 Å². The Kier molecular flexibility index (Phi) is 6.62. The predicted molar refractivity (Wildman–Crippen MR) is 82.4 cm³/mol. The highest BCUT2D eigenvalue weighted by Crippen LogP contribution is 2.21. The van der Waals surface area contributed by atoms with Crippen LogP contribution in [0.3, 0.4) is 0 Å². The summed E-state index contributed by atoms with van der Waals surface area (Å²) in [7, 11) is 0. The van der Waals surface area contributed by atoms with Crippen molar-refractivity contribution in [2.45, 2.75) is 70.4 Å². The number of nitrogens with two attached hydrogens (primary N) is 1. The van der Waals surface area contributed by atoms with E-state index in [9.17, 15) is 0 Å². The van der Waals surface area contributed by atoms with E-state index in [-0.39, 0.29) is 0 Å². The molecule has 0 amide bonds. The Morgan fingerprint density at radius 1 is 1.00 bits per heavy atom. The molecule has 2 aliphatic rings. The highest BCUT2D eigenvalue weighted by molar-refractivity contribution is 4.81. The minimum atomic E-state index is 0.379. The van der Waals surface area contributed by atoms with Gasteiger partial charge in [0, 0.05) is 12.1 Å². The highest BCUT2D eigenvalue weighted by Gasteiger charge is 2.25. The lowest BCUT2D eigenvalue weighted by Gasteiger charge is -2.40. The fourth-order valence-corrected chi connectivity index (χ4v) is 3.59.